The van der Waals surface area contributed by atoms with E-state index < -0.39 is 24.0 Å². The summed E-state index contributed by atoms with van der Waals surface area (Å²) in [7, 11) is 0. The average Bonchev–Trinajstić information content (AvgIpc) is 3.39. The third-order valence-electron chi connectivity index (χ3n) is 5.36. The van der Waals surface area contributed by atoms with E-state index >= 15 is 0 Å². The molecule has 0 aliphatic heterocycles. The third kappa shape index (κ3) is 5.20. The molecule has 0 bridgehead atoms. The fourth-order valence-electron chi connectivity index (χ4n) is 3.90. The minimum atomic E-state index is -0.986. The predicted molar refractivity (Wildman–Crippen MR) is 123 cm³/mol. The van der Waals surface area contributed by atoms with Crippen LogP contribution in [0.25, 0.3) is 11.1 Å². The first kappa shape index (κ1) is 22.5. The number of thiazole rings is 1. The third-order valence-corrected chi connectivity index (χ3v) is 6.36. The van der Waals surface area contributed by atoms with Crippen LogP contribution < -0.4 is 10.6 Å². The molecule has 3 N–H and O–H groups in total. The standard InChI is InChI=1S/C24H23N3O5S/c1-14(10-22(28)29)27-23(30)20-11-25-21(33-20)12-26-24(31)32-13-19-17-8-4-2-6-15(17)16-7-3-5-9-18(16)19/h2-9,11,14,19H,10,12-13H2,1H3,(H,26,31)(H,27,30)(H,28,29). The maximum Gasteiger partial charge on any atom is 0.407 e. The minimum absolute atomic E-state index is 0.0221. The Hall–Kier alpha value is -3.72. The number of aliphatic carboxylic acids is 1. The van der Waals surface area contributed by atoms with Crippen molar-refractivity contribution in [3.8, 4) is 11.1 Å². The van der Waals surface area contributed by atoms with E-state index in [1.807, 2.05) is 24.3 Å². The van der Waals surface area contributed by atoms with Gasteiger partial charge in [-0.05, 0) is 29.2 Å². The molecule has 33 heavy (non-hydrogen) atoms. The number of carbonyl (C=O) groups excluding carboxylic acids is 2. The molecular weight excluding hydrogens is 442 g/mol. The first-order valence-electron chi connectivity index (χ1n) is 10.5. The number of hydrogen-bond acceptors (Lipinski definition) is 6. The minimum Gasteiger partial charge on any atom is -0.481 e. The van der Waals surface area contributed by atoms with Gasteiger partial charge in [0.25, 0.3) is 5.91 Å². The molecular formula is C24H23N3O5S. The Bertz CT molecular complexity index is 1150. The van der Waals surface area contributed by atoms with Gasteiger partial charge in [0.1, 0.15) is 16.5 Å². The molecule has 1 unspecified atom stereocenters. The number of nitrogens with zero attached hydrogens (tertiary/aromatic N) is 1. The molecule has 0 spiro atoms. The summed E-state index contributed by atoms with van der Waals surface area (Å²) in [5, 5.41) is 14.6. The second-order valence-electron chi connectivity index (χ2n) is 7.77. The van der Waals surface area contributed by atoms with Crippen LogP contribution in [-0.4, -0.2) is 40.7 Å². The Morgan fingerprint density at radius 1 is 1.09 bits per heavy atom. The van der Waals surface area contributed by atoms with Gasteiger partial charge in [-0.3, -0.25) is 9.59 Å². The van der Waals surface area contributed by atoms with Crippen molar-refractivity contribution < 1.29 is 24.2 Å². The van der Waals surface area contributed by atoms with Crippen molar-refractivity contribution >= 4 is 29.3 Å². The lowest BCUT2D eigenvalue weighted by molar-refractivity contribution is -0.137. The zero-order valence-electron chi connectivity index (χ0n) is 17.9. The molecule has 1 aromatic heterocycles. The number of benzene rings is 2. The maximum absolute atomic E-state index is 12.3. The van der Waals surface area contributed by atoms with Crippen LogP contribution in [0.2, 0.25) is 0 Å². The van der Waals surface area contributed by atoms with Crippen LogP contribution in [0.5, 0.6) is 0 Å². The van der Waals surface area contributed by atoms with Crippen LogP contribution in [0, 0.1) is 0 Å². The summed E-state index contributed by atoms with van der Waals surface area (Å²) in [4.78, 5) is 39.7. The lowest BCUT2D eigenvalue weighted by Gasteiger charge is -2.14. The smallest absolute Gasteiger partial charge is 0.407 e. The molecule has 2 aromatic carbocycles. The van der Waals surface area contributed by atoms with E-state index in [1.54, 1.807) is 6.92 Å². The summed E-state index contributed by atoms with van der Waals surface area (Å²) < 4.78 is 5.50. The van der Waals surface area contributed by atoms with E-state index in [0.717, 1.165) is 33.6 Å². The Labute approximate surface area is 194 Å². The van der Waals surface area contributed by atoms with Crippen molar-refractivity contribution in [1.29, 1.82) is 0 Å². The highest BCUT2D eigenvalue weighted by Gasteiger charge is 2.29. The van der Waals surface area contributed by atoms with Gasteiger partial charge in [-0.1, -0.05) is 48.5 Å². The lowest BCUT2D eigenvalue weighted by Crippen LogP contribution is -2.33. The van der Waals surface area contributed by atoms with Crippen LogP contribution in [0.1, 0.15) is 45.1 Å². The molecule has 0 fully saturated rings. The van der Waals surface area contributed by atoms with E-state index in [1.165, 1.54) is 6.20 Å². The lowest BCUT2D eigenvalue weighted by atomic mass is 9.98. The van der Waals surface area contributed by atoms with E-state index in [-0.39, 0.29) is 25.5 Å². The maximum atomic E-state index is 12.3. The van der Waals surface area contributed by atoms with E-state index in [4.69, 9.17) is 9.84 Å². The molecule has 9 heteroatoms. The van der Waals surface area contributed by atoms with Crippen LogP contribution in [-0.2, 0) is 16.1 Å². The molecule has 0 radical (unpaired) electrons. The Balaban J connectivity index is 1.30. The van der Waals surface area contributed by atoms with E-state index in [9.17, 15) is 14.4 Å². The summed E-state index contributed by atoms with van der Waals surface area (Å²) in [6, 6.07) is 15.7. The number of carbonyl (C=O) groups is 3. The van der Waals surface area contributed by atoms with Crippen molar-refractivity contribution in [2.24, 2.45) is 0 Å². The van der Waals surface area contributed by atoms with Crippen molar-refractivity contribution in [3.05, 3.63) is 75.7 Å². The number of fused-ring (bicyclic) bond motifs is 3. The fraction of sp³-hybridized carbons (Fsp3) is 0.250. The molecule has 1 aliphatic carbocycles. The molecule has 4 rings (SSSR count). The summed E-state index contributed by atoms with van der Waals surface area (Å²) in [6.45, 7) is 1.96. The second-order valence-corrected chi connectivity index (χ2v) is 8.88. The first-order chi connectivity index (χ1) is 15.9. The van der Waals surface area contributed by atoms with Gasteiger partial charge in [-0.15, -0.1) is 11.3 Å². The number of amides is 2. The van der Waals surface area contributed by atoms with Crippen LogP contribution in [0.4, 0.5) is 4.79 Å². The van der Waals surface area contributed by atoms with Crippen LogP contribution in [0.15, 0.2) is 54.7 Å². The Morgan fingerprint density at radius 2 is 1.73 bits per heavy atom. The molecule has 1 atom stereocenters. The number of ether oxygens (including phenoxy) is 1. The molecule has 1 heterocycles. The topological polar surface area (TPSA) is 118 Å². The number of rotatable bonds is 8. The van der Waals surface area contributed by atoms with Crippen molar-refractivity contribution in [2.45, 2.75) is 31.8 Å². The van der Waals surface area contributed by atoms with Crippen molar-refractivity contribution in [3.63, 3.8) is 0 Å². The average molecular weight is 466 g/mol. The molecule has 0 saturated carbocycles. The van der Waals surface area contributed by atoms with Gasteiger partial charge in [0.15, 0.2) is 0 Å². The molecule has 1 aliphatic rings. The largest absolute Gasteiger partial charge is 0.481 e. The monoisotopic (exact) mass is 465 g/mol. The van der Waals surface area contributed by atoms with Gasteiger partial charge in [0, 0.05) is 12.0 Å². The van der Waals surface area contributed by atoms with Crippen molar-refractivity contribution in [2.75, 3.05) is 6.61 Å². The molecule has 3 aromatic rings. The number of carboxylic acids is 1. The fourth-order valence-corrected chi connectivity index (χ4v) is 4.66. The quantitative estimate of drug-likeness (QED) is 0.466. The SMILES string of the molecule is CC(CC(=O)O)NC(=O)c1cnc(CNC(=O)OCC2c3ccccc3-c3ccccc32)s1. The van der Waals surface area contributed by atoms with Gasteiger partial charge in [-0.25, -0.2) is 9.78 Å². The molecule has 2 amide bonds. The summed E-state index contributed by atoms with van der Waals surface area (Å²) in [5.74, 6) is -1.40. The van der Waals surface area contributed by atoms with Gasteiger partial charge < -0.3 is 20.5 Å². The summed E-state index contributed by atoms with van der Waals surface area (Å²) in [6.07, 6.45) is 0.677. The molecule has 8 nitrogen and oxygen atoms in total. The highest BCUT2D eigenvalue weighted by Crippen LogP contribution is 2.44. The van der Waals surface area contributed by atoms with E-state index in [0.29, 0.717) is 9.88 Å². The van der Waals surface area contributed by atoms with Crippen molar-refractivity contribution in [1.82, 2.24) is 15.6 Å². The number of aromatic nitrogens is 1. The van der Waals surface area contributed by atoms with Crippen LogP contribution >= 0.6 is 11.3 Å². The first-order valence-corrected chi connectivity index (χ1v) is 11.3. The van der Waals surface area contributed by atoms with Gasteiger partial charge in [0.2, 0.25) is 0 Å². The Morgan fingerprint density at radius 3 is 2.36 bits per heavy atom. The molecule has 0 saturated heterocycles. The highest BCUT2D eigenvalue weighted by atomic mass is 32.1. The number of carboxylic acid groups (broad SMARTS) is 1. The highest BCUT2D eigenvalue weighted by molar-refractivity contribution is 7.13. The zero-order chi connectivity index (χ0) is 23.4. The summed E-state index contributed by atoms with van der Waals surface area (Å²) >= 11 is 1.13. The normalized spacial score (nSPS) is 13.0. The van der Waals surface area contributed by atoms with Crippen LogP contribution in [0.3, 0.4) is 0 Å². The predicted octanol–water partition coefficient (Wildman–Crippen LogP) is 3.77. The van der Waals surface area contributed by atoms with E-state index in [2.05, 4.69) is 39.9 Å². The summed E-state index contributed by atoms with van der Waals surface area (Å²) in [5.41, 5.74) is 4.60. The zero-order valence-corrected chi connectivity index (χ0v) is 18.7. The van der Waals surface area contributed by atoms with Gasteiger partial charge in [0.05, 0.1) is 19.2 Å². The Kier molecular flexibility index (Phi) is 6.69. The number of nitrogens with one attached hydrogen (secondary N) is 2. The second kappa shape index (κ2) is 9.83. The van der Waals surface area contributed by atoms with Gasteiger partial charge >= 0.3 is 12.1 Å². The molecule has 170 valence electrons. The van der Waals surface area contributed by atoms with Gasteiger partial charge in [-0.2, -0.15) is 0 Å². The number of alkyl carbamates (subject to hydrolysis) is 1. The number of hydrogen-bond donors (Lipinski definition) is 3.